The zero-order chi connectivity index (χ0) is 25.5. The minimum absolute atomic E-state index is 0.0799. The van der Waals surface area contributed by atoms with Crippen molar-refractivity contribution in [2.45, 2.75) is 38.3 Å². The van der Waals surface area contributed by atoms with Crippen molar-refractivity contribution in [3.63, 3.8) is 0 Å². The maximum absolute atomic E-state index is 13.3. The molecule has 2 N–H and O–H groups in total. The molecule has 4 rings (SSSR count). The van der Waals surface area contributed by atoms with E-state index in [0.29, 0.717) is 19.5 Å². The molecule has 2 amide bonds. The highest BCUT2D eigenvalue weighted by Gasteiger charge is 2.31. The van der Waals surface area contributed by atoms with Crippen LogP contribution in [0.15, 0.2) is 78.9 Å². The molecule has 0 fully saturated rings. The SMILES string of the molecule is CCCN(Cc1ccccc1)C(=O)C(CC(=O)O)NC(=O)OCC1c2ccccc2-c2ccccc21. The molecule has 1 aliphatic carbocycles. The number of fused-ring (bicyclic) bond motifs is 3. The number of hydrogen-bond donors (Lipinski definition) is 2. The molecule has 0 aliphatic heterocycles. The van der Waals surface area contributed by atoms with Crippen molar-refractivity contribution in [2.75, 3.05) is 13.2 Å². The highest BCUT2D eigenvalue weighted by Crippen LogP contribution is 2.44. The maximum Gasteiger partial charge on any atom is 0.407 e. The molecule has 0 aromatic heterocycles. The van der Waals surface area contributed by atoms with Gasteiger partial charge in [-0.25, -0.2) is 4.79 Å². The Morgan fingerprint density at radius 3 is 2.08 bits per heavy atom. The van der Waals surface area contributed by atoms with Gasteiger partial charge >= 0.3 is 12.1 Å². The summed E-state index contributed by atoms with van der Waals surface area (Å²) in [7, 11) is 0. The Bertz CT molecular complexity index is 1180. The van der Waals surface area contributed by atoms with Gasteiger partial charge < -0.3 is 20.1 Å². The summed E-state index contributed by atoms with van der Waals surface area (Å²) in [6.45, 7) is 2.79. The Balaban J connectivity index is 1.45. The number of ether oxygens (including phenoxy) is 1. The first-order chi connectivity index (χ1) is 17.5. The standard InChI is InChI=1S/C29H30N2O5/c1-2-16-31(18-20-10-4-3-5-11-20)28(34)26(17-27(32)33)30-29(35)36-19-25-23-14-8-6-12-21(23)22-13-7-9-15-24(22)25/h3-15,25-26H,2,16-19H2,1H3,(H,30,35)(H,32,33). The van der Waals surface area contributed by atoms with Crippen LogP contribution in [0, 0.1) is 0 Å². The fourth-order valence-corrected chi connectivity index (χ4v) is 4.72. The molecule has 1 aliphatic rings. The van der Waals surface area contributed by atoms with E-state index in [9.17, 15) is 19.5 Å². The molecule has 0 bridgehead atoms. The molecular weight excluding hydrogens is 456 g/mol. The second-order valence-corrected chi connectivity index (χ2v) is 8.87. The van der Waals surface area contributed by atoms with Gasteiger partial charge in [-0.05, 0) is 34.2 Å². The van der Waals surface area contributed by atoms with Crippen LogP contribution >= 0.6 is 0 Å². The van der Waals surface area contributed by atoms with Gasteiger partial charge in [-0.1, -0.05) is 85.8 Å². The number of carbonyl (C=O) groups is 3. The highest BCUT2D eigenvalue weighted by atomic mass is 16.5. The Labute approximate surface area is 210 Å². The number of carboxylic acid groups (broad SMARTS) is 1. The Morgan fingerprint density at radius 2 is 1.50 bits per heavy atom. The number of nitrogens with one attached hydrogen (secondary N) is 1. The lowest BCUT2D eigenvalue weighted by Crippen LogP contribution is -2.49. The maximum atomic E-state index is 13.3. The van der Waals surface area contributed by atoms with Gasteiger partial charge in [0.15, 0.2) is 0 Å². The summed E-state index contributed by atoms with van der Waals surface area (Å²) >= 11 is 0. The summed E-state index contributed by atoms with van der Waals surface area (Å²) in [5.41, 5.74) is 5.28. The van der Waals surface area contributed by atoms with E-state index in [0.717, 1.165) is 27.8 Å². The van der Waals surface area contributed by atoms with Gasteiger partial charge in [-0.15, -0.1) is 0 Å². The minimum Gasteiger partial charge on any atom is -0.481 e. The van der Waals surface area contributed by atoms with Crippen molar-refractivity contribution in [1.29, 1.82) is 0 Å². The van der Waals surface area contributed by atoms with Gasteiger partial charge in [-0.3, -0.25) is 9.59 Å². The van der Waals surface area contributed by atoms with Crippen molar-refractivity contribution in [1.82, 2.24) is 10.2 Å². The largest absolute Gasteiger partial charge is 0.481 e. The number of benzene rings is 3. The lowest BCUT2D eigenvalue weighted by Gasteiger charge is -2.27. The molecule has 1 unspecified atom stereocenters. The molecule has 0 saturated heterocycles. The van der Waals surface area contributed by atoms with E-state index < -0.39 is 30.4 Å². The first-order valence-electron chi connectivity index (χ1n) is 12.1. The molecule has 1 atom stereocenters. The van der Waals surface area contributed by atoms with Crippen LogP contribution in [0.2, 0.25) is 0 Å². The normalized spacial score (nSPS) is 12.8. The average Bonchev–Trinajstić information content (AvgIpc) is 3.20. The van der Waals surface area contributed by atoms with Gasteiger partial charge in [0.1, 0.15) is 12.6 Å². The predicted molar refractivity (Wildman–Crippen MR) is 136 cm³/mol. The highest BCUT2D eigenvalue weighted by molar-refractivity contribution is 5.89. The second kappa shape index (κ2) is 11.5. The van der Waals surface area contributed by atoms with Crippen molar-refractivity contribution in [3.8, 4) is 11.1 Å². The van der Waals surface area contributed by atoms with E-state index in [1.807, 2.05) is 85.8 Å². The fraction of sp³-hybridized carbons (Fsp3) is 0.276. The predicted octanol–water partition coefficient (Wildman–Crippen LogP) is 4.81. The monoisotopic (exact) mass is 486 g/mol. The summed E-state index contributed by atoms with van der Waals surface area (Å²) in [6, 6.07) is 24.2. The van der Waals surface area contributed by atoms with Crippen LogP contribution in [-0.2, 0) is 20.9 Å². The Hall–Kier alpha value is -4.13. The van der Waals surface area contributed by atoms with Crippen molar-refractivity contribution < 1.29 is 24.2 Å². The zero-order valence-electron chi connectivity index (χ0n) is 20.2. The molecule has 0 saturated carbocycles. The van der Waals surface area contributed by atoms with Crippen molar-refractivity contribution in [2.24, 2.45) is 0 Å². The molecule has 186 valence electrons. The van der Waals surface area contributed by atoms with E-state index in [-0.39, 0.29) is 12.5 Å². The third-order valence-corrected chi connectivity index (χ3v) is 6.33. The number of nitrogens with zero attached hydrogens (tertiary/aromatic N) is 1. The smallest absolute Gasteiger partial charge is 0.407 e. The van der Waals surface area contributed by atoms with E-state index in [2.05, 4.69) is 5.32 Å². The number of carboxylic acids is 1. The molecule has 0 heterocycles. The fourth-order valence-electron chi connectivity index (χ4n) is 4.72. The molecule has 0 spiro atoms. The van der Waals surface area contributed by atoms with Crippen LogP contribution < -0.4 is 5.32 Å². The van der Waals surface area contributed by atoms with Crippen LogP contribution in [0.1, 0.15) is 42.4 Å². The minimum atomic E-state index is -1.23. The molecule has 7 nitrogen and oxygen atoms in total. The summed E-state index contributed by atoms with van der Waals surface area (Å²) < 4.78 is 5.55. The number of hydrogen-bond acceptors (Lipinski definition) is 4. The van der Waals surface area contributed by atoms with Gasteiger partial charge in [0.25, 0.3) is 0 Å². The lowest BCUT2D eigenvalue weighted by atomic mass is 9.98. The van der Waals surface area contributed by atoms with E-state index in [1.54, 1.807) is 4.90 Å². The van der Waals surface area contributed by atoms with Crippen molar-refractivity contribution >= 4 is 18.0 Å². The first kappa shape index (κ1) is 25.0. The Morgan fingerprint density at radius 1 is 0.917 bits per heavy atom. The van der Waals surface area contributed by atoms with E-state index in [1.165, 1.54) is 0 Å². The summed E-state index contributed by atoms with van der Waals surface area (Å²) in [6.07, 6.45) is -0.644. The van der Waals surface area contributed by atoms with Crippen LogP contribution in [0.5, 0.6) is 0 Å². The topological polar surface area (TPSA) is 95.9 Å². The average molecular weight is 487 g/mol. The molecule has 36 heavy (non-hydrogen) atoms. The number of rotatable bonds is 10. The van der Waals surface area contributed by atoms with Crippen LogP contribution in [0.4, 0.5) is 4.79 Å². The third-order valence-electron chi connectivity index (χ3n) is 6.33. The van der Waals surface area contributed by atoms with Crippen LogP contribution in [0.25, 0.3) is 11.1 Å². The van der Waals surface area contributed by atoms with Gasteiger partial charge in [0.05, 0.1) is 6.42 Å². The summed E-state index contributed by atoms with van der Waals surface area (Å²) in [5.74, 6) is -1.76. The van der Waals surface area contributed by atoms with Crippen LogP contribution in [-0.4, -0.2) is 47.2 Å². The van der Waals surface area contributed by atoms with Gasteiger partial charge in [-0.2, -0.15) is 0 Å². The number of amides is 2. The molecule has 3 aromatic carbocycles. The van der Waals surface area contributed by atoms with Crippen LogP contribution in [0.3, 0.4) is 0 Å². The zero-order valence-corrected chi connectivity index (χ0v) is 20.2. The second-order valence-electron chi connectivity index (χ2n) is 8.87. The quantitative estimate of drug-likeness (QED) is 0.429. The number of aliphatic carboxylic acids is 1. The first-order valence-corrected chi connectivity index (χ1v) is 12.1. The number of alkyl carbamates (subject to hydrolysis) is 1. The van der Waals surface area contributed by atoms with Gasteiger partial charge in [0, 0.05) is 19.0 Å². The molecule has 3 aromatic rings. The molecule has 7 heteroatoms. The summed E-state index contributed by atoms with van der Waals surface area (Å²) in [4.78, 5) is 39.1. The summed E-state index contributed by atoms with van der Waals surface area (Å²) in [5, 5.41) is 11.9. The molecular formula is C29H30N2O5. The van der Waals surface area contributed by atoms with E-state index in [4.69, 9.17) is 4.74 Å². The van der Waals surface area contributed by atoms with E-state index >= 15 is 0 Å². The van der Waals surface area contributed by atoms with Crippen molar-refractivity contribution in [3.05, 3.63) is 95.6 Å². The van der Waals surface area contributed by atoms with Gasteiger partial charge in [0.2, 0.25) is 5.91 Å². The Kier molecular flexibility index (Phi) is 8.00. The number of carbonyl (C=O) groups excluding carboxylic acids is 2. The third kappa shape index (κ3) is 5.74. The lowest BCUT2D eigenvalue weighted by molar-refractivity contribution is -0.142. The molecule has 0 radical (unpaired) electrons.